The molecule has 2 saturated carbocycles. The average molecular weight is 324 g/mol. The summed E-state index contributed by atoms with van der Waals surface area (Å²) < 4.78 is 5.40. The highest BCUT2D eigenvalue weighted by molar-refractivity contribution is 5.39. The van der Waals surface area contributed by atoms with Gasteiger partial charge in [0.2, 0.25) is 0 Å². The molecule has 4 aliphatic rings. The summed E-state index contributed by atoms with van der Waals surface area (Å²) in [6.45, 7) is 4.15. The molecule has 0 unspecified atom stereocenters. The molecule has 2 nitrogen and oxygen atoms in total. The molecule has 4 rings (SSSR count). The average Bonchev–Trinajstić information content (AvgIpc) is 2.86. The van der Waals surface area contributed by atoms with Crippen LogP contribution in [0.25, 0.3) is 0 Å². The van der Waals surface area contributed by atoms with E-state index in [0.717, 1.165) is 31.4 Å². The first kappa shape index (κ1) is 16.0. The normalized spacial score (nSPS) is 45.8. The van der Waals surface area contributed by atoms with Gasteiger partial charge in [-0.1, -0.05) is 25.0 Å². The topological polar surface area (TPSA) is 29.5 Å². The van der Waals surface area contributed by atoms with Gasteiger partial charge < -0.3 is 9.84 Å². The minimum atomic E-state index is -0.785. The molecule has 0 aromatic carbocycles. The van der Waals surface area contributed by atoms with E-state index in [-0.39, 0.29) is 5.41 Å². The largest absolute Gasteiger partial charge is 0.497 e. The van der Waals surface area contributed by atoms with Crippen LogP contribution in [0.1, 0.15) is 46.0 Å². The van der Waals surface area contributed by atoms with Crippen molar-refractivity contribution in [1.82, 2.24) is 0 Å². The molecule has 0 aliphatic heterocycles. The number of hydrogen-bond acceptors (Lipinski definition) is 2. The minimum Gasteiger partial charge on any atom is -0.497 e. The molecule has 2 heteroatoms. The van der Waals surface area contributed by atoms with E-state index in [9.17, 15) is 5.11 Å². The van der Waals surface area contributed by atoms with Gasteiger partial charge in [0.1, 0.15) is 11.4 Å². The number of allylic oxidation sites excluding steroid dienone is 5. The fraction of sp³-hybridized carbons (Fsp3) is 0.636. The maximum absolute atomic E-state index is 11.2. The predicted octanol–water partition coefficient (Wildman–Crippen LogP) is 4.23. The van der Waals surface area contributed by atoms with Gasteiger partial charge >= 0.3 is 0 Å². The number of ether oxygens (including phenoxy) is 1. The lowest BCUT2D eigenvalue weighted by atomic mass is 9.52. The van der Waals surface area contributed by atoms with E-state index in [1.165, 1.54) is 12.0 Å². The van der Waals surface area contributed by atoms with E-state index < -0.39 is 5.60 Å². The number of hydrogen-bond donors (Lipinski definition) is 1. The van der Waals surface area contributed by atoms with Gasteiger partial charge in [0, 0.05) is 11.3 Å². The quantitative estimate of drug-likeness (QED) is 0.732. The Kier molecular flexibility index (Phi) is 3.69. The van der Waals surface area contributed by atoms with Crippen LogP contribution in [0.15, 0.2) is 35.6 Å². The van der Waals surface area contributed by atoms with Crippen molar-refractivity contribution in [1.29, 1.82) is 0 Å². The van der Waals surface area contributed by atoms with Gasteiger partial charge in [-0.3, -0.25) is 0 Å². The first-order valence-electron chi connectivity index (χ1n) is 9.32. The number of fused-ring (bicyclic) bond motifs is 5. The third-order valence-corrected chi connectivity index (χ3v) is 7.46. The van der Waals surface area contributed by atoms with Crippen LogP contribution in [0.3, 0.4) is 0 Å². The van der Waals surface area contributed by atoms with Gasteiger partial charge in [-0.05, 0) is 74.5 Å². The standard InChI is InChI=1S/C22H28O2/c1-4-11-22(23)13-10-20-19-7-5-15-14-16(24-3)6-8-17(15)18(19)9-12-21(20,22)2/h5-6,8,14,17-20,23H,7,9-10,12-13H2,1-3H3/t17-,18+,19+,20-,21-,22-/m0/s1. The maximum atomic E-state index is 11.2. The lowest BCUT2D eigenvalue weighted by Gasteiger charge is -2.53. The zero-order valence-corrected chi connectivity index (χ0v) is 15.0. The Balaban J connectivity index is 1.66. The van der Waals surface area contributed by atoms with Crippen molar-refractivity contribution in [2.24, 2.45) is 29.1 Å². The SMILES string of the molecule is CC#C[C@]1(O)CC[C@H]2[C@@H]3CC=C4C=C(OC)C=C[C@@H]4[C@H]3CC[C@@]21C. The van der Waals surface area contributed by atoms with Crippen LogP contribution in [-0.2, 0) is 4.74 Å². The maximum Gasteiger partial charge on any atom is 0.131 e. The molecular weight excluding hydrogens is 296 g/mol. The van der Waals surface area contributed by atoms with E-state index in [0.29, 0.717) is 23.7 Å². The smallest absolute Gasteiger partial charge is 0.131 e. The zero-order chi connectivity index (χ0) is 16.9. The first-order valence-corrected chi connectivity index (χ1v) is 9.32. The molecule has 0 saturated heterocycles. The van der Waals surface area contributed by atoms with E-state index >= 15 is 0 Å². The summed E-state index contributed by atoms with van der Waals surface area (Å²) in [5, 5.41) is 11.2. The number of rotatable bonds is 1. The highest BCUT2D eigenvalue weighted by Crippen LogP contribution is 2.63. The van der Waals surface area contributed by atoms with Crippen LogP contribution < -0.4 is 0 Å². The Bertz CT molecular complexity index is 688. The molecule has 0 amide bonds. The highest BCUT2D eigenvalue weighted by Gasteiger charge is 2.61. The van der Waals surface area contributed by atoms with Crippen LogP contribution in [0.5, 0.6) is 0 Å². The van der Waals surface area contributed by atoms with Crippen LogP contribution in [-0.4, -0.2) is 17.8 Å². The molecule has 6 atom stereocenters. The second kappa shape index (κ2) is 5.53. The van der Waals surface area contributed by atoms with Crippen LogP contribution in [0, 0.1) is 40.9 Å². The third kappa shape index (κ3) is 2.07. The summed E-state index contributed by atoms with van der Waals surface area (Å²) in [5.41, 5.74) is 0.599. The van der Waals surface area contributed by atoms with Gasteiger partial charge in [0.25, 0.3) is 0 Å². The Morgan fingerprint density at radius 2 is 2.08 bits per heavy atom. The number of methoxy groups -OCH3 is 1. The molecule has 128 valence electrons. The van der Waals surface area contributed by atoms with Crippen LogP contribution >= 0.6 is 0 Å². The molecule has 4 aliphatic carbocycles. The zero-order valence-electron chi connectivity index (χ0n) is 15.0. The van der Waals surface area contributed by atoms with Gasteiger partial charge in [-0.25, -0.2) is 0 Å². The van der Waals surface area contributed by atoms with Gasteiger partial charge in [0.15, 0.2) is 0 Å². The Hall–Kier alpha value is -1.46. The van der Waals surface area contributed by atoms with Gasteiger partial charge in [-0.15, -0.1) is 5.92 Å². The first-order chi connectivity index (χ1) is 11.5. The third-order valence-electron chi connectivity index (χ3n) is 7.46. The summed E-state index contributed by atoms with van der Waals surface area (Å²) in [4.78, 5) is 0. The lowest BCUT2D eigenvalue weighted by Crippen LogP contribution is -2.51. The summed E-state index contributed by atoms with van der Waals surface area (Å²) in [6.07, 6.45) is 14.5. The second-order valence-electron chi connectivity index (χ2n) is 8.24. The molecule has 0 bridgehead atoms. The van der Waals surface area contributed by atoms with Crippen molar-refractivity contribution in [3.63, 3.8) is 0 Å². The number of aliphatic hydroxyl groups is 1. The molecule has 0 heterocycles. The van der Waals surface area contributed by atoms with Crippen molar-refractivity contribution >= 4 is 0 Å². The summed E-state index contributed by atoms with van der Waals surface area (Å²) >= 11 is 0. The van der Waals surface area contributed by atoms with Crippen LogP contribution in [0.4, 0.5) is 0 Å². The van der Waals surface area contributed by atoms with Crippen molar-refractivity contribution in [3.8, 4) is 11.8 Å². The predicted molar refractivity (Wildman–Crippen MR) is 95.9 cm³/mol. The summed E-state index contributed by atoms with van der Waals surface area (Å²) in [5.74, 6) is 9.61. The Labute approximate surface area is 145 Å². The van der Waals surface area contributed by atoms with Gasteiger partial charge in [-0.2, -0.15) is 0 Å². The fourth-order valence-corrected chi connectivity index (χ4v) is 6.13. The Morgan fingerprint density at radius 3 is 2.83 bits per heavy atom. The molecule has 0 aromatic rings. The second-order valence-corrected chi connectivity index (χ2v) is 8.24. The lowest BCUT2D eigenvalue weighted by molar-refractivity contribution is -0.0770. The van der Waals surface area contributed by atoms with E-state index in [1.807, 2.05) is 6.92 Å². The van der Waals surface area contributed by atoms with Crippen molar-refractivity contribution in [3.05, 3.63) is 35.6 Å². The molecule has 0 aromatic heterocycles. The van der Waals surface area contributed by atoms with E-state index in [4.69, 9.17) is 4.74 Å². The fourth-order valence-electron chi connectivity index (χ4n) is 6.13. The monoisotopic (exact) mass is 324 g/mol. The van der Waals surface area contributed by atoms with E-state index in [1.54, 1.807) is 7.11 Å². The van der Waals surface area contributed by atoms with Crippen molar-refractivity contribution in [2.45, 2.75) is 51.6 Å². The van der Waals surface area contributed by atoms with E-state index in [2.05, 4.69) is 43.1 Å². The molecular formula is C22H28O2. The summed E-state index contributed by atoms with van der Waals surface area (Å²) in [7, 11) is 1.74. The molecule has 0 radical (unpaired) electrons. The summed E-state index contributed by atoms with van der Waals surface area (Å²) in [6, 6.07) is 0. The molecule has 0 spiro atoms. The highest BCUT2D eigenvalue weighted by atomic mass is 16.5. The molecule has 1 N–H and O–H groups in total. The van der Waals surface area contributed by atoms with Crippen molar-refractivity contribution in [2.75, 3.05) is 7.11 Å². The van der Waals surface area contributed by atoms with Crippen molar-refractivity contribution < 1.29 is 9.84 Å². The molecule has 2 fully saturated rings. The molecule has 24 heavy (non-hydrogen) atoms. The Morgan fingerprint density at radius 1 is 1.25 bits per heavy atom. The van der Waals surface area contributed by atoms with Gasteiger partial charge in [0.05, 0.1) is 7.11 Å². The van der Waals surface area contributed by atoms with Crippen LogP contribution in [0.2, 0.25) is 0 Å². The minimum absolute atomic E-state index is 0.0472.